The van der Waals surface area contributed by atoms with Gasteiger partial charge in [0.15, 0.2) is 0 Å². The van der Waals surface area contributed by atoms with Crippen molar-refractivity contribution < 1.29 is 14.0 Å². The maximum atomic E-state index is 13.1. The molecule has 5 nitrogen and oxygen atoms in total. The van der Waals surface area contributed by atoms with E-state index in [0.717, 1.165) is 6.07 Å². The number of anilines is 1. The van der Waals surface area contributed by atoms with Gasteiger partial charge in [-0.3, -0.25) is 14.6 Å². The summed E-state index contributed by atoms with van der Waals surface area (Å²) in [5, 5.41) is 5.25. The molecule has 2 rings (SSSR count). The lowest BCUT2D eigenvalue weighted by molar-refractivity contribution is 0.0948. The van der Waals surface area contributed by atoms with Gasteiger partial charge in [0, 0.05) is 24.6 Å². The lowest BCUT2D eigenvalue weighted by Crippen LogP contribution is -2.27. The van der Waals surface area contributed by atoms with Gasteiger partial charge in [0.2, 0.25) is 0 Å². The first-order valence-electron chi connectivity index (χ1n) is 7.36. The van der Waals surface area contributed by atoms with Crippen molar-refractivity contribution >= 4 is 29.1 Å². The summed E-state index contributed by atoms with van der Waals surface area (Å²) in [4.78, 5) is 28.2. The molecule has 0 saturated heterocycles. The van der Waals surface area contributed by atoms with Gasteiger partial charge < -0.3 is 10.6 Å². The van der Waals surface area contributed by atoms with E-state index in [4.69, 9.17) is 11.6 Å². The van der Waals surface area contributed by atoms with Gasteiger partial charge in [0.1, 0.15) is 5.82 Å². The zero-order valence-corrected chi connectivity index (χ0v) is 14.0. The molecular formula is C17H17ClFN3O2. The Morgan fingerprint density at radius 3 is 2.46 bits per heavy atom. The van der Waals surface area contributed by atoms with Gasteiger partial charge in [-0.2, -0.15) is 0 Å². The molecule has 24 heavy (non-hydrogen) atoms. The third kappa shape index (κ3) is 4.76. The monoisotopic (exact) mass is 349 g/mol. The fraction of sp³-hybridized carbons (Fsp3) is 0.235. The fourth-order valence-electron chi connectivity index (χ4n) is 1.86. The summed E-state index contributed by atoms with van der Waals surface area (Å²) < 4.78 is 13.1. The molecule has 2 N–H and O–H groups in total. The fourth-order valence-corrected chi connectivity index (χ4v) is 2.04. The van der Waals surface area contributed by atoms with Gasteiger partial charge in [0.05, 0.1) is 16.1 Å². The van der Waals surface area contributed by atoms with Crippen molar-refractivity contribution in [1.82, 2.24) is 10.3 Å². The van der Waals surface area contributed by atoms with Crippen LogP contribution in [0.25, 0.3) is 0 Å². The summed E-state index contributed by atoms with van der Waals surface area (Å²) >= 11 is 5.68. The van der Waals surface area contributed by atoms with Crippen molar-refractivity contribution in [2.45, 2.75) is 13.8 Å². The zero-order chi connectivity index (χ0) is 17.7. The minimum absolute atomic E-state index is 0.0901. The molecule has 0 radical (unpaired) electrons. The van der Waals surface area contributed by atoms with Crippen molar-refractivity contribution in [1.29, 1.82) is 0 Å². The number of rotatable bonds is 5. The quantitative estimate of drug-likeness (QED) is 0.867. The summed E-state index contributed by atoms with van der Waals surface area (Å²) in [5.41, 5.74) is 0.856. The van der Waals surface area contributed by atoms with Crippen LogP contribution in [0, 0.1) is 11.7 Å². The van der Waals surface area contributed by atoms with Crippen LogP contribution >= 0.6 is 11.6 Å². The second kappa shape index (κ2) is 7.88. The predicted molar refractivity (Wildman–Crippen MR) is 90.8 cm³/mol. The van der Waals surface area contributed by atoms with Gasteiger partial charge in [-0.25, -0.2) is 4.39 Å². The number of aromatic nitrogens is 1. The molecule has 1 aromatic carbocycles. The number of pyridine rings is 1. The molecule has 0 saturated carbocycles. The van der Waals surface area contributed by atoms with E-state index < -0.39 is 11.7 Å². The van der Waals surface area contributed by atoms with Crippen molar-refractivity contribution in [3.63, 3.8) is 0 Å². The lowest BCUT2D eigenvalue weighted by atomic mass is 10.1. The molecule has 0 aliphatic rings. The normalized spacial score (nSPS) is 10.5. The summed E-state index contributed by atoms with van der Waals surface area (Å²) in [5.74, 6) is -1.02. The molecule has 0 aliphatic carbocycles. The average molecular weight is 350 g/mol. The first-order valence-corrected chi connectivity index (χ1v) is 7.74. The molecule has 0 atom stereocenters. The molecule has 126 valence electrons. The van der Waals surface area contributed by atoms with Gasteiger partial charge in [-0.05, 0) is 30.2 Å². The summed E-state index contributed by atoms with van der Waals surface area (Å²) in [6.07, 6.45) is 2.74. The van der Waals surface area contributed by atoms with Gasteiger partial charge in [-0.1, -0.05) is 25.4 Å². The minimum atomic E-state index is -0.569. The highest BCUT2D eigenvalue weighted by atomic mass is 35.5. The number of hydrogen-bond acceptors (Lipinski definition) is 3. The Kier molecular flexibility index (Phi) is 5.87. The van der Waals surface area contributed by atoms with E-state index in [0.29, 0.717) is 23.7 Å². The van der Waals surface area contributed by atoms with Crippen molar-refractivity contribution in [3.8, 4) is 0 Å². The third-order valence-corrected chi connectivity index (χ3v) is 3.40. The molecule has 2 aromatic rings. The van der Waals surface area contributed by atoms with Crippen molar-refractivity contribution in [3.05, 3.63) is 58.6 Å². The Morgan fingerprint density at radius 2 is 1.83 bits per heavy atom. The van der Waals surface area contributed by atoms with Crippen LogP contribution in [0.1, 0.15) is 34.6 Å². The van der Waals surface area contributed by atoms with Crippen LogP contribution < -0.4 is 10.6 Å². The summed E-state index contributed by atoms with van der Waals surface area (Å²) in [7, 11) is 0. The van der Waals surface area contributed by atoms with Gasteiger partial charge in [-0.15, -0.1) is 0 Å². The summed E-state index contributed by atoms with van der Waals surface area (Å²) in [6, 6.07) is 5.31. The first kappa shape index (κ1) is 17.9. The smallest absolute Gasteiger partial charge is 0.257 e. The molecule has 0 spiro atoms. The Labute approximate surface area is 144 Å². The van der Waals surface area contributed by atoms with Crippen LogP contribution in [0.4, 0.5) is 10.1 Å². The van der Waals surface area contributed by atoms with E-state index >= 15 is 0 Å². The van der Waals surface area contributed by atoms with Crippen LogP contribution in [0.15, 0.2) is 36.7 Å². The number of benzene rings is 1. The molecule has 1 heterocycles. The highest BCUT2D eigenvalue weighted by molar-refractivity contribution is 6.31. The van der Waals surface area contributed by atoms with Crippen LogP contribution in [-0.4, -0.2) is 23.3 Å². The van der Waals surface area contributed by atoms with Crippen LogP contribution in [0.2, 0.25) is 5.02 Å². The van der Waals surface area contributed by atoms with Gasteiger partial charge >= 0.3 is 0 Å². The van der Waals surface area contributed by atoms with E-state index in [9.17, 15) is 14.0 Å². The number of nitrogens with zero attached hydrogens (tertiary/aromatic N) is 1. The first-order chi connectivity index (χ1) is 11.4. The number of amides is 2. The number of hydrogen-bond donors (Lipinski definition) is 2. The highest BCUT2D eigenvalue weighted by Crippen LogP contribution is 2.20. The van der Waals surface area contributed by atoms with Crippen LogP contribution in [0.5, 0.6) is 0 Å². The SMILES string of the molecule is CC(C)CNC(=O)c1cncc(C(=O)Nc2ccc(F)c(Cl)c2)c1. The molecular weight excluding hydrogens is 333 g/mol. The van der Waals surface area contributed by atoms with E-state index in [1.165, 1.54) is 30.6 Å². The lowest BCUT2D eigenvalue weighted by Gasteiger charge is -2.09. The van der Waals surface area contributed by atoms with Gasteiger partial charge in [0.25, 0.3) is 11.8 Å². The number of halogens is 2. The van der Waals surface area contributed by atoms with Crippen molar-refractivity contribution in [2.75, 3.05) is 11.9 Å². The second-order valence-electron chi connectivity index (χ2n) is 5.65. The molecule has 0 unspecified atom stereocenters. The second-order valence-corrected chi connectivity index (χ2v) is 6.06. The molecule has 0 aliphatic heterocycles. The number of carbonyl (C=O) groups is 2. The van der Waals surface area contributed by atoms with Crippen LogP contribution in [-0.2, 0) is 0 Å². The maximum Gasteiger partial charge on any atom is 0.257 e. The zero-order valence-electron chi connectivity index (χ0n) is 13.3. The van der Waals surface area contributed by atoms with E-state index in [1.54, 1.807) is 0 Å². The minimum Gasteiger partial charge on any atom is -0.352 e. The van der Waals surface area contributed by atoms with Crippen LogP contribution in [0.3, 0.4) is 0 Å². The Hall–Kier alpha value is -2.47. The topological polar surface area (TPSA) is 71.1 Å². The molecule has 0 bridgehead atoms. The molecule has 2 amide bonds. The molecule has 1 aromatic heterocycles. The maximum absolute atomic E-state index is 13.1. The largest absolute Gasteiger partial charge is 0.352 e. The van der Waals surface area contributed by atoms with Crippen molar-refractivity contribution in [2.24, 2.45) is 5.92 Å². The predicted octanol–water partition coefficient (Wildman–Crippen LogP) is 3.51. The summed E-state index contributed by atoms with van der Waals surface area (Å²) in [6.45, 7) is 4.50. The Morgan fingerprint density at radius 1 is 1.17 bits per heavy atom. The number of nitrogens with one attached hydrogen (secondary N) is 2. The third-order valence-electron chi connectivity index (χ3n) is 3.11. The average Bonchev–Trinajstić information content (AvgIpc) is 2.56. The molecule has 0 fully saturated rings. The van der Waals surface area contributed by atoms with E-state index in [-0.39, 0.29) is 16.5 Å². The van der Waals surface area contributed by atoms with E-state index in [1.807, 2.05) is 13.8 Å². The van der Waals surface area contributed by atoms with E-state index in [2.05, 4.69) is 15.6 Å². The Balaban J connectivity index is 2.11. The standard InChI is InChI=1S/C17H17ClFN3O2/c1-10(2)7-21-16(23)11-5-12(9-20-8-11)17(24)22-13-3-4-15(19)14(18)6-13/h3-6,8-10H,7H2,1-2H3,(H,21,23)(H,22,24). The molecule has 7 heteroatoms. The Bertz CT molecular complexity index is 765. The number of carbonyl (C=O) groups excluding carboxylic acids is 2. The highest BCUT2D eigenvalue weighted by Gasteiger charge is 2.12.